The maximum atomic E-state index is 13.2. The molecular weight excluding hydrogens is 418 g/mol. The fraction of sp³-hybridized carbons (Fsp3) is 0.611. The molecule has 0 spiro atoms. The molecule has 0 bridgehead atoms. The van der Waals surface area contributed by atoms with E-state index in [4.69, 9.17) is 0 Å². The van der Waals surface area contributed by atoms with Gasteiger partial charge in [0.1, 0.15) is 5.82 Å². The van der Waals surface area contributed by atoms with Gasteiger partial charge in [-0.15, -0.1) is 24.0 Å². The Kier molecular flexibility index (Phi) is 10.2. The average molecular weight is 448 g/mol. The molecule has 1 saturated heterocycles. The van der Waals surface area contributed by atoms with Crippen LogP contribution in [0.5, 0.6) is 0 Å². The van der Waals surface area contributed by atoms with Crippen LogP contribution in [0, 0.1) is 5.82 Å². The van der Waals surface area contributed by atoms with Crippen molar-refractivity contribution >= 4 is 29.9 Å². The van der Waals surface area contributed by atoms with Gasteiger partial charge in [-0.05, 0) is 50.4 Å². The van der Waals surface area contributed by atoms with Crippen LogP contribution in [0.1, 0.15) is 38.7 Å². The lowest BCUT2D eigenvalue weighted by Gasteiger charge is -2.32. The third-order valence-corrected chi connectivity index (χ3v) is 4.12. The Hall–Kier alpha value is -0.890. The van der Waals surface area contributed by atoms with Gasteiger partial charge < -0.3 is 15.5 Å². The number of hydrogen-bond donors (Lipinski definition) is 2. The van der Waals surface area contributed by atoms with E-state index in [1.54, 1.807) is 6.07 Å². The molecule has 2 rings (SSSR count). The zero-order valence-corrected chi connectivity index (χ0v) is 17.1. The number of hydrogen-bond acceptors (Lipinski definition) is 2. The summed E-state index contributed by atoms with van der Waals surface area (Å²) in [6.07, 6.45) is 3.50. The second-order valence-electron chi connectivity index (χ2n) is 6.09. The van der Waals surface area contributed by atoms with Crippen LogP contribution in [-0.4, -0.2) is 43.1 Å². The van der Waals surface area contributed by atoms with Crippen molar-refractivity contribution in [2.24, 2.45) is 4.99 Å². The second-order valence-corrected chi connectivity index (χ2v) is 6.09. The van der Waals surface area contributed by atoms with Gasteiger partial charge in [-0.2, -0.15) is 0 Å². The minimum absolute atomic E-state index is 0. The summed E-state index contributed by atoms with van der Waals surface area (Å²) < 4.78 is 13.2. The number of nitrogens with one attached hydrogen (secondary N) is 2. The maximum absolute atomic E-state index is 13.2. The van der Waals surface area contributed by atoms with Crippen molar-refractivity contribution in [3.63, 3.8) is 0 Å². The zero-order valence-electron chi connectivity index (χ0n) is 14.7. The second kappa shape index (κ2) is 11.6. The third-order valence-electron chi connectivity index (χ3n) is 4.12. The molecule has 1 aliphatic rings. The fourth-order valence-corrected chi connectivity index (χ4v) is 2.94. The van der Waals surface area contributed by atoms with Crippen LogP contribution in [0.15, 0.2) is 29.3 Å². The monoisotopic (exact) mass is 448 g/mol. The fourth-order valence-electron chi connectivity index (χ4n) is 2.94. The van der Waals surface area contributed by atoms with E-state index in [0.717, 1.165) is 44.0 Å². The summed E-state index contributed by atoms with van der Waals surface area (Å²) >= 11 is 0. The van der Waals surface area contributed by atoms with Gasteiger partial charge in [-0.1, -0.05) is 19.1 Å². The summed E-state index contributed by atoms with van der Waals surface area (Å²) in [7, 11) is 0. The quantitative estimate of drug-likeness (QED) is 0.398. The van der Waals surface area contributed by atoms with Crippen molar-refractivity contribution in [1.29, 1.82) is 0 Å². The molecule has 24 heavy (non-hydrogen) atoms. The summed E-state index contributed by atoms with van der Waals surface area (Å²) in [4.78, 5) is 7.11. The predicted molar refractivity (Wildman–Crippen MR) is 110 cm³/mol. The normalized spacial score (nSPS) is 16.5. The summed E-state index contributed by atoms with van der Waals surface area (Å²) in [5, 5.41) is 6.81. The average Bonchev–Trinajstić information content (AvgIpc) is 2.55. The molecule has 0 atom stereocenters. The summed E-state index contributed by atoms with van der Waals surface area (Å²) in [5.74, 6) is 0.615. The maximum Gasteiger partial charge on any atom is 0.191 e. The van der Waals surface area contributed by atoms with Crippen LogP contribution >= 0.6 is 24.0 Å². The third kappa shape index (κ3) is 7.34. The van der Waals surface area contributed by atoms with E-state index < -0.39 is 0 Å². The lowest BCUT2D eigenvalue weighted by Crippen LogP contribution is -2.48. The lowest BCUT2D eigenvalue weighted by atomic mass is 10.1. The topological polar surface area (TPSA) is 39.7 Å². The summed E-state index contributed by atoms with van der Waals surface area (Å²) in [6, 6.07) is 7.09. The molecule has 2 N–H and O–H groups in total. The van der Waals surface area contributed by atoms with Gasteiger partial charge in [0.2, 0.25) is 0 Å². The molecule has 0 radical (unpaired) electrons. The Bertz CT molecular complexity index is 502. The number of piperidine rings is 1. The standard InChI is InChI=1S/C18H29FN4.HI/c1-3-10-23-11-8-17(9-12-23)22-18(20-4-2)21-14-15-6-5-7-16(19)13-15;/h5-7,13,17H,3-4,8-12,14H2,1-2H3,(H2,20,21,22);1H. The number of nitrogens with zero attached hydrogens (tertiary/aromatic N) is 2. The van der Waals surface area contributed by atoms with Gasteiger partial charge in [-0.3, -0.25) is 0 Å². The first-order chi connectivity index (χ1) is 11.2. The highest BCUT2D eigenvalue weighted by atomic mass is 127. The first-order valence-electron chi connectivity index (χ1n) is 8.73. The zero-order chi connectivity index (χ0) is 16.5. The number of aliphatic imine (C=N–C) groups is 1. The van der Waals surface area contributed by atoms with E-state index in [1.807, 2.05) is 6.07 Å². The Morgan fingerprint density at radius 1 is 1.29 bits per heavy atom. The van der Waals surface area contributed by atoms with E-state index in [2.05, 4.69) is 34.4 Å². The predicted octanol–water partition coefficient (Wildman–Crippen LogP) is 3.37. The van der Waals surface area contributed by atoms with E-state index in [9.17, 15) is 4.39 Å². The summed E-state index contributed by atoms with van der Waals surface area (Å²) in [6.45, 7) is 9.09. The van der Waals surface area contributed by atoms with Crippen LogP contribution in [-0.2, 0) is 6.54 Å². The van der Waals surface area contributed by atoms with Crippen LogP contribution in [0.2, 0.25) is 0 Å². The number of guanidine groups is 1. The van der Waals surface area contributed by atoms with Gasteiger partial charge in [0.15, 0.2) is 5.96 Å². The van der Waals surface area contributed by atoms with Crippen molar-refractivity contribution < 1.29 is 4.39 Å². The smallest absolute Gasteiger partial charge is 0.191 e. The highest BCUT2D eigenvalue weighted by molar-refractivity contribution is 14.0. The van der Waals surface area contributed by atoms with Crippen LogP contribution in [0.3, 0.4) is 0 Å². The van der Waals surface area contributed by atoms with Gasteiger partial charge in [0.05, 0.1) is 6.54 Å². The van der Waals surface area contributed by atoms with Gasteiger partial charge in [0.25, 0.3) is 0 Å². The Balaban J connectivity index is 0.00000288. The largest absolute Gasteiger partial charge is 0.357 e. The molecule has 1 aliphatic heterocycles. The van der Waals surface area contributed by atoms with E-state index in [1.165, 1.54) is 25.1 Å². The molecule has 0 amide bonds. The lowest BCUT2D eigenvalue weighted by molar-refractivity contribution is 0.206. The molecule has 1 aromatic rings. The number of benzene rings is 1. The van der Waals surface area contributed by atoms with Crippen LogP contribution in [0.4, 0.5) is 4.39 Å². The molecule has 0 aliphatic carbocycles. The minimum Gasteiger partial charge on any atom is -0.357 e. The molecule has 1 aromatic carbocycles. The van der Waals surface area contributed by atoms with Gasteiger partial charge in [-0.25, -0.2) is 9.38 Å². The highest BCUT2D eigenvalue weighted by Crippen LogP contribution is 2.11. The molecule has 1 heterocycles. The Labute approximate surface area is 162 Å². The molecule has 1 fully saturated rings. The Morgan fingerprint density at radius 3 is 2.67 bits per heavy atom. The van der Waals surface area contributed by atoms with Crippen molar-refractivity contribution in [2.75, 3.05) is 26.2 Å². The molecule has 6 heteroatoms. The molecule has 0 saturated carbocycles. The number of rotatable bonds is 6. The van der Waals surface area contributed by atoms with Gasteiger partial charge >= 0.3 is 0 Å². The molecule has 0 unspecified atom stereocenters. The van der Waals surface area contributed by atoms with Crippen LogP contribution in [0.25, 0.3) is 0 Å². The van der Waals surface area contributed by atoms with E-state index in [-0.39, 0.29) is 29.8 Å². The molecular formula is C18H30FIN4. The van der Waals surface area contributed by atoms with Gasteiger partial charge in [0, 0.05) is 25.7 Å². The van der Waals surface area contributed by atoms with Crippen molar-refractivity contribution in [3.05, 3.63) is 35.6 Å². The first-order valence-corrected chi connectivity index (χ1v) is 8.73. The summed E-state index contributed by atoms with van der Waals surface area (Å²) in [5.41, 5.74) is 0.889. The van der Waals surface area contributed by atoms with E-state index in [0.29, 0.717) is 12.6 Å². The van der Waals surface area contributed by atoms with E-state index >= 15 is 0 Å². The number of halogens is 2. The van der Waals surface area contributed by atoms with Crippen molar-refractivity contribution in [1.82, 2.24) is 15.5 Å². The SMILES string of the molecule is CCCN1CCC(NC(=NCc2cccc(F)c2)NCC)CC1.I. The molecule has 136 valence electrons. The van der Waals surface area contributed by atoms with Crippen molar-refractivity contribution in [3.8, 4) is 0 Å². The Morgan fingerprint density at radius 2 is 2.04 bits per heavy atom. The highest BCUT2D eigenvalue weighted by Gasteiger charge is 2.19. The minimum atomic E-state index is -0.209. The molecule has 4 nitrogen and oxygen atoms in total. The molecule has 0 aromatic heterocycles. The first kappa shape index (κ1) is 21.2. The number of likely N-dealkylation sites (tertiary alicyclic amines) is 1. The van der Waals surface area contributed by atoms with Crippen molar-refractivity contribution in [2.45, 2.75) is 45.7 Å². The van der Waals surface area contributed by atoms with Crippen LogP contribution < -0.4 is 10.6 Å².